The first-order valence-electron chi connectivity index (χ1n) is 5.94. The molecule has 2 atom stereocenters. The smallest absolute Gasteiger partial charge is 0.0346 e. The fraction of sp³-hybridized carbons (Fsp3) is 0.571. The standard InChI is InChI=1S/C14H21N/c1-9(2)14-12-7-5-6-10(3)13(12)11(4)8-15-14/h5-7,9,11,14-15H,8H2,1-4H3. The molecule has 1 aliphatic heterocycles. The summed E-state index contributed by atoms with van der Waals surface area (Å²) in [5.74, 6) is 1.31. The van der Waals surface area contributed by atoms with Gasteiger partial charge in [-0.2, -0.15) is 0 Å². The van der Waals surface area contributed by atoms with Gasteiger partial charge < -0.3 is 5.32 Å². The van der Waals surface area contributed by atoms with Gasteiger partial charge in [0, 0.05) is 12.6 Å². The topological polar surface area (TPSA) is 12.0 Å². The third-order valence-electron chi connectivity index (χ3n) is 3.50. The molecule has 2 rings (SSSR count). The van der Waals surface area contributed by atoms with Gasteiger partial charge in [0.05, 0.1) is 0 Å². The van der Waals surface area contributed by atoms with E-state index in [9.17, 15) is 0 Å². The highest BCUT2D eigenvalue weighted by Crippen LogP contribution is 2.35. The van der Waals surface area contributed by atoms with Crippen LogP contribution in [0.5, 0.6) is 0 Å². The summed E-state index contributed by atoms with van der Waals surface area (Å²) < 4.78 is 0. The van der Waals surface area contributed by atoms with Crippen molar-refractivity contribution in [3.63, 3.8) is 0 Å². The van der Waals surface area contributed by atoms with Gasteiger partial charge in [0.1, 0.15) is 0 Å². The minimum absolute atomic E-state index is 0.538. The molecule has 0 aliphatic carbocycles. The molecule has 0 saturated carbocycles. The van der Waals surface area contributed by atoms with Crippen molar-refractivity contribution in [2.75, 3.05) is 6.54 Å². The molecule has 82 valence electrons. The molecule has 2 unspecified atom stereocenters. The summed E-state index contributed by atoms with van der Waals surface area (Å²) in [6.07, 6.45) is 0. The monoisotopic (exact) mass is 203 g/mol. The summed E-state index contributed by atoms with van der Waals surface area (Å²) in [5, 5.41) is 3.65. The van der Waals surface area contributed by atoms with Crippen molar-refractivity contribution >= 4 is 0 Å². The molecular formula is C14H21N. The number of benzene rings is 1. The molecule has 1 heteroatoms. The van der Waals surface area contributed by atoms with Crippen LogP contribution in [0.3, 0.4) is 0 Å². The van der Waals surface area contributed by atoms with Gasteiger partial charge in [0.15, 0.2) is 0 Å². The molecule has 0 fully saturated rings. The third-order valence-corrected chi connectivity index (χ3v) is 3.50. The van der Waals surface area contributed by atoms with Crippen molar-refractivity contribution in [2.45, 2.75) is 39.7 Å². The second-order valence-corrected chi connectivity index (χ2v) is 5.11. The van der Waals surface area contributed by atoms with Gasteiger partial charge in [-0.3, -0.25) is 0 Å². The van der Waals surface area contributed by atoms with Crippen LogP contribution in [-0.2, 0) is 0 Å². The lowest BCUT2D eigenvalue weighted by Crippen LogP contribution is -2.35. The number of aryl methyl sites for hydroxylation is 1. The van der Waals surface area contributed by atoms with Gasteiger partial charge >= 0.3 is 0 Å². The summed E-state index contributed by atoms with van der Waals surface area (Å²) in [4.78, 5) is 0. The summed E-state index contributed by atoms with van der Waals surface area (Å²) in [6.45, 7) is 10.2. The van der Waals surface area contributed by atoms with Gasteiger partial charge in [0.2, 0.25) is 0 Å². The molecule has 0 amide bonds. The zero-order valence-electron chi connectivity index (χ0n) is 10.2. The molecule has 1 aromatic rings. The van der Waals surface area contributed by atoms with Crippen LogP contribution in [-0.4, -0.2) is 6.54 Å². The van der Waals surface area contributed by atoms with E-state index in [2.05, 4.69) is 51.2 Å². The zero-order chi connectivity index (χ0) is 11.0. The number of hydrogen-bond donors (Lipinski definition) is 1. The maximum Gasteiger partial charge on any atom is 0.0346 e. The van der Waals surface area contributed by atoms with E-state index in [1.165, 1.54) is 11.1 Å². The molecule has 0 bridgehead atoms. The second-order valence-electron chi connectivity index (χ2n) is 5.11. The molecule has 1 N–H and O–H groups in total. The third kappa shape index (κ3) is 1.81. The SMILES string of the molecule is Cc1cccc2c1C(C)CNC2C(C)C. The molecule has 0 spiro atoms. The van der Waals surface area contributed by atoms with E-state index in [0.29, 0.717) is 17.9 Å². The maximum atomic E-state index is 3.65. The van der Waals surface area contributed by atoms with Crippen LogP contribution in [0.2, 0.25) is 0 Å². The fourth-order valence-corrected chi connectivity index (χ4v) is 2.76. The van der Waals surface area contributed by atoms with E-state index in [1.54, 1.807) is 5.56 Å². The summed E-state index contributed by atoms with van der Waals surface area (Å²) in [7, 11) is 0. The predicted octanol–water partition coefficient (Wildman–Crippen LogP) is 3.40. The molecule has 15 heavy (non-hydrogen) atoms. The predicted molar refractivity (Wildman–Crippen MR) is 65.2 cm³/mol. The van der Waals surface area contributed by atoms with Crippen molar-refractivity contribution in [1.29, 1.82) is 0 Å². The summed E-state index contributed by atoms with van der Waals surface area (Å²) >= 11 is 0. The highest BCUT2D eigenvalue weighted by Gasteiger charge is 2.26. The molecule has 0 radical (unpaired) electrons. The van der Waals surface area contributed by atoms with Crippen LogP contribution in [0, 0.1) is 12.8 Å². The van der Waals surface area contributed by atoms with Gasteiger partial charge in [-0.05, 0) is 35.4 Å². The molecule has 0 aromatic heterocycles. The molecule has 1 aliphatic rings. The first-order chi connectivity index (χ1) is 7.11. The molecule has 0 saturated heterocycles. The Morgan fingerprint density at radius 3 is 2.73 bits per heavy atom. The quantitative estimate of drug-likeness (QED) is 0.737. The average Bonchev–Trinajstić information content (AvgIpc) is 2.17. The van der Waals surface area contributed by atoms with Crippen LogP contribution in [0.1, 0.15) is 49.4 Å². The number of rotatable bonds is 1. The Bertz CT molecular complexity index is 354. The first-order valence-corrected chi connectivity index (χ1v) is 5.94. The Hall–Kier alpha value is -0.820. The number of fused-ring (bicyclic) bond motifs is 1. The van der Waals surface area contributed by atoms with E-state index >= 15 is 0 Å². The van der Waals surface area contributed by atoms with E-state index in [0.717, 1.165) is 6.54 Å². The Labute approximate surface area is 92.9 Å². The Morgan fingerprint density at radius 2 is 2.07 bits per heavy atom. The Kier molecular flexibility index (Phi) is 2.83. The number of nitrogens with one attached hydrogen (secondary N) is 1. The van der Waals surface area contributed by atoms with Gasteiger partial charge in [-0.25, -0.2) is 0 Å². The Morgan fingerprint density at radius 1 is 1.33 bits per heavy atom. The first kappa shape index (κ1) is 10.7. The summed E-state index contributed by atoms with van der Waals surface area (Å²) in [6, 6.07) is 7.24. The van der Waals surface area contributed by atoms with Crippen molar-refractivity contribution in [3.05, 3.63) is 34.9 Å². The highest BCUT2D eigenvalue weighted by molar-refractivity contribution is 5.41. The van der Waals surface area contributed by atoms with Crippen LogP contribution >= 0.6 is 0 Å². The van der Waals surface area contributed by atoms with E-state index < -0.39 is 0 Å². The highest BCUT2D eigenvalue weighted by atomic mass is 14.9. The minimum atomic E-state index is 0.538. The lowest BCUT2D eigenvalue weighted by Gasteiger charge is -2.34. The van der Waals surface area contributed by atoms with E-state index in [1.807, 2.05) is 0 Å². The van der Waals surface area contributed by atoms with E-state index in [4.69, 9.17) is 0 Å². The van der Waals surface area contributed by atoms with Crippen LogP contribution < -0.4 is 5.32 Å². The van der Waals surface area contributed by atoms with Crippen molar-refractivity contribution in [3.8, 4) is 0 Å². The summed E-state index contributed by atoms with van der Waals surface area (Å²) in [5.41, 5.74) is 4.55. The minimum Gasteiger partial charge on any atom is -0.309 e. The van der Waals surface area contributed by atoms with Crippen LogP contribution in [0.15, 0.2) is 18.2 Å². The average molecular weight is 203 g/mol. The molecule has 1 nitrogen and oxygen atoms in total. The second kappa shape index (κ2) is 3.97. The van der Waals surface area contributed by atoms with Crippen molar-refractivity contribution in [1.82, 2.24) is 5.32 Å². The lowest BCUT2D eigenvalue weighted by molar-refractivity contribution is 0.376. The van der Waals surface area contributed by atoms with Gasteiger partial charge in [0.25, 0.3) is 0 Å². The van der Waals surface area contributed by atoms with Crippen molar-refractivity contribution < 1.29 is 0 Å². The van der Waals surface area contributed by atoms with Gasteiger partial charge in [-0.15, -0.1) is 0 Å². The Balaban J connectivity index is 2.50. The van der Waals surface area contributed by atoms with E-state index in [-0.39, 0.29) is 0 Å². The van der Waals surface area contributed by atoms with Crippen LogP contribution in [0.25, 0.3) is 0 Å². The van der Waals surface area contributed by atoms with Crippen molar-refractivity contribution in [2.24, 2.45) is 5.92 Å². The molecule has 1 heterocycles. The zero-order valence-corrected chi connectivity index (χ0v) is 10.2. The fourth-order valence-electron chi connectivity index (χ4n) is 2.76. The molecule has 1 aromatic carbocycles. The lowest BCUT2D eigenvalue weighted by atomic mass is 9.81. The van der Waals surface area contributed by atoms with Gasteiger partial charge in [-0.1, -0.05) is 39.0 Å². The largest absolute Gasteiger partial charge is 0.309 e. The maximum absolute atomic E-state index is 3.65. The molecular weight excluding hydrogens is 182 g/mol. The normalized spacial score (nSPS) is 25.4. The van der Waals surface area contributed by atoms with Crippen LogP contribution in [0.4, 0.5) is 0 Å². The number of hydrogen-bond acceptors (Lipinski definition) is 1.